The van der Waals surface area contributed by atoms with Crippen LogP contribution in [-0.4, -0.2) is 8.80 Å². The second kappa shape index (κ2) is 7.96. The molecule has 0 radical (unpaired) electrons. The van der Waals surface area contributed by atoms with Gasteiger partial charge in [-0.05, 0) is 54.3 Å². The van der Waals surface area contributed by atoms with Crippen LogP contribution in [-0.2, 0) is 0 Å². The fourth-order valence-corrected chi connectivity index (χ4v) is 9.36. The van der Waals surface area contributed by atoms with Gasteiger partial charge in [-0.15, -0.1) is 0 Å². The van der Waals surface area contributed by atoms with Crippen molar-refractivity contribution in [2.24, 2.45) is 5.92 Å². The highest BCUT2D eigenvalue weighted by Gasteiger charge is 2.32. The predicted molar refractivity (Wildman–Crippen MR) is 100 cm³/mol. The van der Waals surface area contributed by atoms with Gasteiger partial charge in [-0.2, -0.15) is 0 Å². The zero-order valence-corrected chi connectivity index (χ0v) is 16.1. The molecule has 0 aromatic heterocycles. The molecule has 1 aromatic carbocycles. The van der Waals surface area contributed by atoms with E-state index >= 15 is 0 Å². The van der Waals surface area contributed by atoms with Crippen LogP contribution in [0.15, 0.2) is 18.2 Å². The molecule has 0 atom stereocenters. The quantitative estimate of drug-likeness (QED) is 0.545. The highest BCUT2D eigenvalue weighted by atomic mass is 28.3. The van der Waals surface area contributed by atoms with Gasteiger partial charge in [-0.25, -0.2) is 4.39 Å². The number of aryl methyl sites for hydroxylation is 1. The maximum atomic E-state index is 13.8. The van der Waals surface area contributed by atoms with Crippen LogP contribution < -0.4 is 0 Å². The van der Waals surface area contributed by atoms with Gasteiger partial charge in [-0.1, -0.05) is 69.7 Å². The van der Waals surface area contributed by atoms with Crippen LogP contribution >= 0.6 is 0 Å². The molecule has 0 bridgehead atoms. The third-order valence-corrected chi connectivity index (χ3v) is 10.8. The van der Waals surface area contributed by atoms with Gasteiger partial charge >= 0.3 is 0 Å². The Kier molecular flexibility index (Phi) is 5.95. The van der Waals surface area contributed by atoms with E-state index in [9.17, 15) is 4.39 Å². The van der Waals surface area contributed by atoms with Crippen LogP contribution in [0.4, 0.5) is 4.39 Å². The summed E-state index contributed by atoms with van der Waals surface area (Å²) in [5, 5.41) is 0. The Hall–Kier alpha value is -0.633. The Labute approximate surface area is 143 Å². The van der Waals surface area contributed by atoms with Crippen molar-refractivity contribution in [1.29, 1.82) is 0 Å². The molecular formula is C21H33FSi. The molecule has 3 rings (SSSR count). The van der Waals surface area contributed by atoms with E-state index in [1.165, 1.54) is 69.0 Å². The van der Waals surface area contributed by atoms with E-state index in [0.29, 0.717) is 5.92 Å². The second-order valence-corrected chi connectivity index (χ2v) is 11.8. The first-order valence-electron chi connectivity index (χ1n) is 9.93. The van der Waals surface area contributed by atoms with Crippen molar-refractivity contribution in [2.75, 3.05) is 0 Å². The van der Waals surface area contributed by atoms with Crippen molar-refractivity contribution in [1.82, 2.24) is 0 Å². The minimum Gasteiger partial charge on any atom is -0.207 e. The van der Waals surface area contributed by atoms with Gasteiger partial charge in [0.25, 0.3) is 0 Å². The van der Waals surface area contributed by atoms with E-state index in [4.69, 9.17) is 0 Å². The summed E-state index contributed by atoms with van der Waals surface area (Å²) in [6.07, 6.45) is 11.6. The number of rotatable bonds is 4. The number of benzene rings is 1. The summed E-state index contributed by atoms with van der Waals surface area (Å²) in [6.45, 7) is 4.19. The molecule has 1 aliphatic carbocycles. The summed E-state index contributed by atoms with van der Waals surface area (Å²) in [5.74, 6) is 1.65. The normalized spacial score (nSPS) is 32.0. The smallest absolute Gasteiger partial charge is 0.126 e. The first-order valence-corrected chi connectivity index (χ1v) is 12.2. The van der Waals surface area contributed by atoms with Crippen LogP contribution in [0.2, 0.25) is 17.6 Å². The summed E-state index contributed by atoms with van der Waals surface area (Å²) >= 11 is 0. The van der Waals surface area contributed by atoms with Crippen molar-refractivity contribution < 1.29 is 4.39 Å². The summed E-state index contributed by atoms with van der Waals surface area (Å²) in [7, 11) is -0.533. The van der Waals surface area contributed by atoms with E-state index in [1.807, 2.05) is 13.0 Å². The maximum absolute atomic E-state index is 13.8. The topological polar surface area (TPSA) is 0 Å². The lowest BCUT2D eigenvalue weighted by Crippen LogP contribution is -2.29. The molecule has 128 valence electrons. The lowest BCUT2D eigenvalue weighted by Gasteiger charge is -2.37. The van der Waals surface area contributed by atoms with E-state index in [1.54, 1.807) is 6.07 Å². The van der Waals surface area contributed by atoms with E-state index in [0.717, 1.165) is 17.0 Å². The summed E-state index contributed by atoms with van der Waals surface area (Å²) in [5.41, 5.74) is 3.16. The van der Waals surface area contributed by atoms with E-state index in [-0.39, 0.29) is 5.82 Å². The van der Waals surface area contributed by atoms with Crippen molar-refractivity contribution in [3.63, 3.8) is 0 Å². The van der Waals surface area contributed by atoms with Crippen molar-refractivity contribution in [3.05, 3.63) is 35.1 Å². The Bertz CT molecular complexity index is 497. The Morgan fingerprint density at radius 2 is 1.74 bits per heavy atom. The van der Waals surface area contributed by atoms with Crippen molar-refractivity contribution in [2.45, 2.75) is 88.8 Å². The molecule has 0 unspecified atom stereocenters. The third-order valence-electron chi connectivity index (χ3n) is 6.69. The second-order valence-electron chi connectivity index (χ2n) is 8.19. The van der Waals surface area contributed by atoms with Crippen LogP contribution in [0.3, 0.4) is 0 Å². The zero-order chi connectivity index (χ0) is 16.2. The van der Waals surface area contributed by atoms with E-state index in [2.05, 4.69) is 13.0 Å². The highest BCUT2D eigenvalue weighted by Crippen LogP contribution is 2.43. The molecule has 0 spiro atoms. The largest absolute Gasteiger partial charge is 0.207 e. The molecule has 1 aliphatic heterocycles. The molecule has 0 amide bonds. The Morgan fingerprint density at radius 1 is 1.04 bits per heavy atom. The van der Waals surface area contributed by atoms with Crippen LogP contribution in [0.1, 0.15) is 75.3 Å². The number of hydrogen-bond donors (Lipinski definition) is 0. The van der Waals surface area contributed by atoms with Gasteiger partial charge in [0.15, 0.2) is 0 Å². The van der Waals surface area contributed by atoms with Crippen molar-refractivity contribution >= 4 is 8.80 Å². The molecule has 2 fully saturated rings. The molecule has 1 heterocycles. The standard InChI is InChI=1S/C21H33FSi/c1-3-4-17-6-9-20(10-7-17)23-13-11-18(12-14-23)19-8-5-16(2)21(22)15-19/h5,8,15,17-18,20,23H,3-4,6-7,9-14H2,1-2H3/t17-,18-,20-,23-. The average molecular weight is 333 g/mol. The lowest BCUT2D eigenvalue weighted by molar-refractivity contribution is 0.332. The monoisotopic (exact) mass is 332 g/mol. The molecule has 2 aliphatic rings. The van der Waals surface area contributed by atoms with Crippen LogP contribution in [0.25, 0.3) is 0 Å². The SMILES string of the molecule is CCC[C@H]1CC[C@H]([Si@H]2CC[C@H](c3ccc(C)c(F)c3)CC2)CC1. The van der Waals surface area contributed by atoms with Crippen molar-refractivity contribution in [3.8, 4) is 0 Å². The first kappa shape index (κ1) is 17.2. The van der Waals surface area contributed by atoms with Gasteiger partial charge in [0.05, 0.1) is 0 Å². The molecule has 0 nitrogen and oxygen atoms in total. The average Bonchev–Trinajstić information content (AvgIpc) is 2.59. The predicted octanol–water partition coefficient (Wildman–Crippen LogP) is 6.60. The minimum absolute atomic E-state index is 0.0175. The first-order chi connectivity index (χ1) is 11.2. The van der Waals surface area contributed by atoms with Gasteiger partial charge in [0.1, 0.15) is 5.82 Å². The molecule has 0 N–H and O–H groups in total. The Morgan fingerprint density at radius 3 is 2.35 bits per heavy atom. The number of hydrogen-bond acceptors (Lipinski definition) is 0. The maximum Gasteiger partial charge on any atom is 0.126 e. The zero-order valence-electron chi connectivity index (χ0n) is 15.0. The molecule has 2 heteroatoms. The lowest BCUT2D eigenvalue weighted by atomic mass is 9.86. The third kappa shape index (κ3) is 4.26. The fraction of sp³-hybridized carbons (Fsp3) is 0.714. The minimum atomic E-state index is -0.533. The summed E-state index contributed by atoms with van der Waals surface area (Å²) in [4.78, 5) is 0. The van der Waals surface area contributed by atoms with Gasteiger partial charge in [-0.3, -0.25) is 0 Å². The van der Waals surface area contributed by atoms with Gasteiger partial charge < -0.3 is 0 Å². The summed E-state index contributed by atoms with van der Waals surface area (Å²) < 4.78 is 13.8. The highest BCUT2D eigenvalue weighted by molar-refractivity contribution is 6.60. The fourth-order valence-electron chi connectivity index (χ4n) is 5.14. The molecular weight excluding hydrogens is 299 g/mol. The molecule has 1 saturated heterocycles. The van der Waals surface area contributed by atoms with Gasteiger partial charge in [0, 0.05) is 8.80 Å². The number of halogens is 1. The molecule has 1 aromatic rings. The molecule has 1 saturated carbocycles. The van der Waals surface area contributed by atoms with Crippen LogP contribution in [0.5, 0.6) is 0 Å². The van der Waals surface area contributed by atoms with Gasteiger partial charge in [0.2, 0.25) is 0 Å². The molecule has 23 heavy (non-hydrogen) atoms. The Balaban J connectivity index is 1.50. The van der Waals surface area contributed by atoms with E-state index < -0.39 is 8.80 Å². The summed E-state index contributed by atoms with van der Waals surface area (Å²) in [6, 6.07) is 8.94. The van der Waals surface area contributed by atoms with Crippen LogP contribution in [0, 0.1) is 18.7 Å².